The first kappa shape index (κ1) is 16.2. The summed E-state index contributed by atoms with van der Waals surface area (Å²) in [6, 6.07) is 15.4. The van der Waals surface area contributed by atoms with E-state index in [0.717, 1.165) is 16.7 Å². The first-order chi connectivity index (χ1) is 10.5. The highest BCUT2D eigenvalue weighted by molar-refractivity contribution is 5.82. The molecule has 0 radical (unpaired) electrons. The molecule has 0 aromatic heterocycles. The van der Waals surface area contributed by atoms with Gasteiger partial charge in [0.15, 0.2) is 0 Å². The van der Waals surface area contributed by atoms with Crippen LogP contribution in [-0.2, 0) is 11.3 Å². The minimum Gasteiger partial charge on any atom is -0.350 e. The van der Waals surface area contributed by atoms with Gasteiger partial charge in [-0.25, -0.2) is 0 Å². The number of amides is 1. The molecule has 2 aromatic rings. The van der Waals surface area contributed by atoms with Crippen LogP contribution in [0.15, 0.2) is 48.5 Å². The molecule has 0 aliphatic heterocycles. The van der Waals surface area contributed by atoms with Gasteiger partial charge in [-0.2, -0.15) is 0 Å². The van der Waals surface area contributed by atoms with E-state index in [1.165, 1.54) is 5.56 Å². The van der Waals surface area contributed by atoms with E-state index in [0.29, 0.717) is 12.5 Å². The van der Waals surface area contributed by atoms with E-state index in [4.69, 9.17) is 5.73 Å². The zero-order valence-electron chi connectivity index (χ0n) is 13.5. The van der Waals surface area contributed by atoms with Crippen molar-refractivity contribution in [3.63, 3.8) is 0 Å². The molecule has 3 nitrogen and oxygen atoms in total. The maximum atomic E-state index is 12.1. The summed E-state index contributed by atoms with van der Waals surface area (Å²) < 4.78 is 0. The van der Waals surface area contributed by atoms with Crippen molar-refractivity contribution < 1.29 is 4.79 Å². The average molecular weight is 296 g/mol. The Kier molecular flexibility index (Phi) is 5.34. The van der Waals surface area contributed by atoms with Gasteiger partial charge in [-0.1, -0.05) is 67.9 Å². The highest BCUT2D eigenvalue weighted by Crippen LogP contribution is 2.15. The fourth-order valence-electron chi connectivity index (χ4n) is 2.24. The van der Waals surface area contributed by atoms with E-state index < -0.39 is 6.04 Å². The number of rotatable bonds is 5. The Morgan fingerprint density at radius 1 is 1.00 bits per heavy atom. The van der Waals surface area contributed by atoms with E-state index in [9.17, 15) is 4.79 Å². The summed E-state index contributed by atoms with van der Waals surface area (Å²) in [5.74, 6) is 0.357. The predicted octanol–water partition coefficient (Wildman–Crippen LogP) is 3.43. The Bertz CT molecular complexity index is 615. The third kappa shape index (κ3) is 4.18. The summed E-state index contributed by atoms with van der Waals surface area (Å²) in [6.07, 6.45) is 0. The van der Waals surface area contributed by atoms with Gasteiger partial charge in [0.2, 0.25) is 5.91 Å². The Balaban J connectivity index is 1.93. The third-order valence-electron chi connectivity index (χ3n) is 3.83. The summed E-state index contributed by atoms with van der Waals surface area (Å²) in [7, 11) is 0. The van der Waals surface area contributed by atoms with E-state index in [1.807, 2.05) is 43.3 Å². The molecular weight excluding hydrogens is 272 g/mol. The molecule has 0 aliphatic rings. The number of nitrogens with two attached hydrogens (primary N) is 1. The van der Waals surface area contributed by atoms with Crippen molar-refractivity contribution >= 4 is 5.91 Å². The summed E-state index contributed by atoms with van der Waals surface area (Å²) in [6.45, 7) is 6.84. The normalized spacial score (nSPS) is 12.2. The van der Waals surface area contributed by atoms with Gasteiger partial charge >= 0.3 is 0 Å². The van der Waals surface area contributed by atoms with Crippen molar-refractivity contribution in [3.05, 3.63) is 70.8 Å². The Hall–Kier alpha value is -2.13. The molecule has 3 N–H and O–H groups in total. The minimum atomic E-state index is -0.629. The number of carbonyl (C=O) groups excluding carboxylic acids is 1. The Morgan fingerprint density at radius 2 is 1.55 bits per heavy atom. The second kappa shape index (κ2) is 7.23. The number of aryl methyl sites for hydroxylation is 1. The topological polar surface area (TPSA) is 55.1 Å². The summed E-state index contributed by atoms with van der Waals surface area (Å²) in [5, 5.41) is 2.90. The molecule has 0 saturated heterocycles. The molecule has 116 valence electrons. The molecule has 2 aromatic carbocycles. The highest BCUT2D eigenvalue weighted by atomic mass is 16.2. The van der Waals surface area contributed by atoms with Gasteiger partial charge < -0.3 is 11.1 Å². The molecule has 22 heavy (non-hydrogen) atoms. The van der Waals surface area contributed by atoms with Crippen molar-refractivity contribution in [3.8, 4) is 0 Å². The molecule has 0 aliphatic carbocycles. The van der Waals surface area contributed by atoms with E-state index in [2.05, 4.69) is 31.3 Å². The van der Waals surface area contributed by atoms with Crippen LogP contribution in [0, 0.1) is 6.92 Å². The molecule has 0 heterocycles. The maximum Gasteiger partial charge on any atom is 0.241 e. The molecule has 2 rings (SSSR count). The number of carbonyl (C=O) groups is 1. The molecule has 0 fully saturated rings. The van der Waals surface area contributed by atoms with Crippen LogP contribution >= 0.6 is 0 Å². The maximum absolute atomic E-state index is 12.1. The van der Waals surface area contributed by atoms with Crippen molar-refractivity contribution in [2.45, 2.75) is 39.3 Å². The van der Waals surface area contributed by atoms with Crippen LogP contribution in [0.1, 0.15) is 48.1 Å². The van der Waals surface area contributed by atoms with E-state index >= 15 is 0 Å². The van der Waals surface area contributed by atoms with Gasteiger partial charge in [-0.3, -0.25) is 4.79 Å². The number of nitrogens with one attached hydrogen (secondary N) is 1. The van der Waals surface area contributed by atoms with Gasteiger partial charge in [-0.05, 0) is 29.5 Å². The van der Waals surface area contributed by atoms with Gasteiger partial charge in [0.25, 0.3) is 0 Å². The van der Waals surface area contributed by atoms with Gasteiger partial charge in [0, 0.05) is 6.54 Å². The minimum absolute atomic E-state index is 0.156. The SMILES string of the molecule is Cc1ccc(C(N)C(=O)NCc2ccc(C(C)C)cc2)cc1. The smallest absolute Gasteiger partial charge is 0.241 e. The zero-order chi connectivity index (χ0) is 16.1. The van der Waals surface area contributed by atoms with Crippen molar-refractivity contribution in [2.24, 2.45) is 5.73 Å². The van der Waals surface area contributed by atoms with Crippen LogP contribution in [0.25, 0.3) is 0 Å². The van der Waals surface area contributed by atoms with Crippen LogP contribution < -0.4 is 11.1 Å². The molecule has 1 unspecified atom stereocenters. The summed E-state index contributed by atoms with van der Waals surface area (Å²) in [4.78, 5) is 12.1. The lowest BCUT2D eigenvalue weighted by Gasteiger charge is -2.13. The summed E-state index contributed by atoms with van der Waals surface area (Å²) >= 11 is 0. The molecule has 1 amide bonds. The molecule has 0 spiro atoms. The van der Waals surface area contributed by atoms with E-state index in [-0.39, 0.29) is 5.91 Å². The molecular formula is C19H24N2O. The molecule has 0 saturated carbocycles. The van der Waals surface area contributed by atoms with Crippen LogP contribution in [0.2, 0.25) is 0 Å². The lowest BCUT2D eigenvalue weighted by Crippen LogP contribution is -2.33. The third-order valence-corrected chi connectivity index (χ3v) is 3.83. The lowest BCUT2D eigenvalue weighted by atomic mass is 10.0. The fraction of sp³-hybridized carbons (Fsp3) is 0.316. The average Bonchev–Trinajstić information content (AvgIpc) is 2.53. The molecule has 0 bridgehead atoms. The molecule has 1 atom stereocenters. The van der Waals surface area contributed by atoms with E-state index in [1.54, 1.807) is 0 Å². The second-order valence-corrected chi connectivity index (χ2v) is 6.00. The number of hydrogen-bond acceptors (Lipinski definition) is 2. The van der Waals surface area contributed by atoms with Crippen LogP contribution in [0.3, 0.4) is 0 Å². The standard InChI is InChI=1S/C19H24N2O/c1-13(2)16-10-6-15(7-11-16)12-21-19(22)18(20)17-8-4-14(3)5-9-17/h4-11,13,18H,12,20H2,1-3H3,(H,21,22). The van der Waals surface area contributed by atoms with Crippen LogP contribution in [0.4, 0.5) is 0 Å². The number of benzene rings is 2. The monoisotopic (exact) mass is 296 g/mol. The first-order valence-electron chi connectivity index (χ1n) is 7.66. The first-order valence-corrected chi connectivity index (χ1v) is 7.66. The second-order valence-electron chi connectivity index (χ2n) is 6.00. The quantitative estimate of drug-likeness (QED) is 0.888. The lowest BCUT2D eigenvalue weighted by molar-refractivity contribution is -0.122. The van der Waals surface area contributed by atoms with Crippen molar-refractivity contribution in [1.29, 1.82) is 0 Å². The largest absolute Gasteiger partial charge is 0.350 e. The fourth-order valence-corrected chi connectivity index (χ4v) is 2.24. The van der Waals surface area contributed by atoms with Gasteiger partial charge in [0.05, 0.1) is 0 Å². The van der Waals surface area contributed by atoms with Crippen LogP contribution in [-0.4, -0.2) is 5.91 Å². The molecule has 3 heteroatoms. The highest BCUT2D eigenvalue weighted by Gasteiger charge is 2.15. The predicted molar refractivity (Wildman–Crippen MR) is 90.5 cm³/mol. The van der Waals surface area contributed by atoms with Crippen LogP contribution in [0.5, 0.6) is 0 Å². The number of hydrogen-bond donors (Lipinski definition) is 2. The zero-order valence-corrected chi connectivity index (χ0v) is 13.5. The Labute approximate surface area is 132 Å². The van der Waals surface area contributed by atoms with Gasteiger partial charge in [0.1, 0.15) is 6.04 Å². The van der Waals surface area contributed by atoms with Gasteiger partial charge in [-0.15, -0.1) is 0 Å². The Morgan fingerprint density at radius 3 is 2.09 bits per heavy atom. The summed E-state index contributed by atoms with van der Waals surface area (Å²) in [5.41, 5.74) is 10.4. The van der Waals surface area contributed by atoms with Crippen molar-refractivity contribution in [2.75, 3.05) is 0 Å². The van der Waals surface area contributed by atoms with Crippen molar-refractivity contribution in [1.82, 2.24) is 5.32 Å².